The zero-order chi connectivity index (χ0) is 40.4. The summed E-state index contributed by atoms with van der Waals surface area (Å²) in [6.45, 7) is 13.1. The average molecular weight is 792 g/mol. The van der Waals surface area contributed by atoms with Crippen molar-refractivity contribution < 1.29 is 32.2 Å². The van der Waals surface area contributed by atoms with Gasteiger partial charge in [0.25, 0.3) is 0 Å². The van der Waals surface area contributed by atoms with Gasteiger partial charge in [-0.3, -0.25) is 4.79 Å². The SMILES string of the molecule is CC(C)(C)[Si](C)(C)OC(CCC1C(=O)N(c2ccc(F)cc2)C1c1ccc(OCCCCOCc2ccccc2)cc1OCc1ccccc1)c1ccc(F)cc1. The number of amides is 1. The summed E-state index contributed by atoms with van der Waals surface area (Å²) < 4.78 is 53.8. The molecule has 0 bridgehead atoms. The van der Waals surface area contributed by atoms with Crippen LogP contribution in [0.4, 0.5) is 14.5 Å². The van der Waals surface area contributed by atoms with E-state index in [1.165, 1.54) is 24.3 Å². The van der Waals surface area contributed by atoms with Crippen molar-refractivity contribution in [1.29, 1.82) is 0 Å². The van der Waals surface area contributed by atoms with Crippen LogP contribution < -0.4 is 14.4 Å². The number of anilines is 1. The molecule has 1 saturated heterocycles. The maximum Gasteiger partial charge on any atom is 0.233 e. The van der Waals surface area contributed by atoms with Crippen LogP contribution in [-0.2, 0) is 27.2 Å². The highest BCUT2D eigenvalue weighted by Crippen LogP contribution is 2.50. The largest absolute Gasteiger partial charge is 0.493 e. The molecule has 300 valence electrons. The third-order valence-corrected chi connectivity index (χ3v) is 15.6. The summed E-state index contributed by atoms with van der Waals surface area (Å²) in [5, 5.41) is -0.0512. The minimum Gasteiger partial charge on any atom is -0.493 e. The highest BCUT2D eigenvalue weighted by molar-refractivity contribution is 6.74. The highest BCUT2D eigenvalue weighted by Gasteiger charge is 2.50. The van der Waals surface area contributed by atoms with Gasteiger partial charge in [-0.05, 0) is 109 Å². The van der Waals surface area contributed by atoms with E-state index in [-0.39, 0.29) is 28.7 Å². The van der Waals surface area contributed by atoms with E-state index in [0.717, 1.165) is 35.1 Å². The van der Waals surface area contributed by atoms with Crippen molar-refractivity contribution in [3.63, 3.8) is 0 Å². The number of unbranched alkanes of at least 4 members (excludes halogenated alkanes) is 1. The zero-order valence-electron chi connectivity index (χ0n) is 33.8. The number of halogens is 2. The van der Waals surface area contributed by atoms with E-state index >= 15 is 0 Å². The summed E-state index contributed by atoms with van der Waals surface area (Å²) in [5.74, 6) is 0.132. The molecule has 1 aliphatic heterocycles. The number of hydrogen-bond donors (Lipinski definition) is 0. The van der Waals surface area contributed by atoms with Gasteiger partial charge in [0.05, 0.1) is 31.3 Å². The van der Waals surface area contributed by atoms with Gasteiger partial charge >= 0.3 is 0 Å². The second-order valence-corrected chi connectivity index (χ2v) is 21.1. The summed E-state index contributed by atoms with van der Waals surface area (Å²) in [5.41, 5.74) is 4.49. The topological polar surface area (TPSA) is 57.2 Å². The van der Waals surface area contributed by atoms with Crippen LogP contribution in [0.2, 0.25) is 18.1 Å². The first-order chi connectivity index (χ1) is 27.4. The fourth-order valence-electron chi connectivity index (χ4n) is 6.88. The number of ether oxygens (including phenoxy) is 3. The van der Waals surface area contributed by atoms with Crippen molar-refractivity contribution in [3.8, 4) is 11.5 Å². The van der Waals surface area contributed by atoms with E-state index in [1.807, 2.05) is 66.7 Å². The molecule has 1 amide bonds. The van der Waals surface area contributed by atoms with Crippen LogP contribution in [-0.4, -0.2) is 27.4 Å². The van der Waals surface area contributed by atoms with Crippen LogP contribution >= 0.6 is 0 Å². The number of carbonyl (C=O) groups is 1. The molecule has 1 aliphatic rings. The van der Waals surface area contributed by atoms with Gasteiger partial charge in [0.15, 0.2) is 8.32 Å². The number of rotatable bonds is 19. The standard InChI is InChI=1S/C48H55F2NO5Si/c1-48(2,3)57(4,5)56-44(37-18-20-38(49)21-19-37)29-28-43-46(51(47(43)52)40-24-22-39(50)23-25-40)42-27-26-41(32-45(42)55-34-36-16-10-7-11-17-36)54-31-13-12-30-53-33-35-14-8-6-9-15-35/h6-11,14-27,32,43-44,46H,12-13,28-31,33-34H2,1-5H3. The van der Waals surface area contributed by atoms with Crippen molar-refractivity contribution in [1.82, 2.24) is 0 Å². The molecule has 3 unspecified atom stereocenters. The monoisotopic (exact) mass is 791 g/mol. The Labute approximate surface area is 337 Å². The lowest BCUT2D eigenvalue weighted by atomic mass is 9.78. The Morgan fingerprint density at radius 3 is 1.95 bits per heavy atom. The third-order valence-electron chi connectivity index (χ3n) is 11.1. The summed E-state index contributed by atoms with van der Waals surface area (Å²) in [4.78, 5) is 16.0. The summed E-state index contributed by atoms with van der Waals surface area (Å²) in [6, 6.07) is 38.0. The van der Waals surface area contributed by atoms with E-state index in [0.29, 0.717) is 56.5 Å². The van der Waals surface area contributed by atoms with Gasteiger partial charge in [-0.15, -0.1) is 0 Å². The van der Waals surface area contributed by atoms with E-state index in [2.05, 4.69) is 46.0 Å². The number of hydrogen-bond acceptors (Lipinski definition) is 5. The predicted molar refractivity (Wildman–Crippen MR) is 225 cm³/mol. The zero-order valence-corrected chi connectivity index (χ0v) is 34.8. The van der Waals surface area contributed by atoms with Crippen LogP contribution in [0.5, 0.6) is 11.5 Å². The van der Waals surface area contributed by atoms with Gasteiger partial charge in [0, 0.05) is 23.9 Å². The second kappa shape index (κ2) is 19.1. The smallest absolute Gasteiger partial charge is 0.233 e. The van der Waals surface area contributed by atoms with E-state index in [4.69, 9.17) is 18.6 Å². The summed E-state index contributed by atoms with van der Waals surface area (Å²) in [6.07, 6.45) is 2.42. The molecule has 6 nitrogen and oxygen atoms in total. The minimum atomic E-state index is -2.26. The minimum absolute atomic E-state index is 0.0512. The van der Waals surface area contributed by atoms with Crippen molar-refractivity contribution in [2.45, 2.75) is 89.9 Å². The molecule has 0 N–H and O–H groups in total. The lowest BCUT2D eigenvalue weighted by Crippen LogP contribution is -2.55. The first-order valence-corrected chi connectivity index (χ1v) is 22.9. The van der Waals surface area contributed by atoms with Crippen LogP contribution in [0.1, 0.15) is 80.9 Å². The molecule has 0 spiro atoms. The first-order valence-electron chi connectivity index (χ1n) is 20.0. The molecule has 0 radical (unpaired) electrons. The van der Waals surface area contributed by atoms with Gasteiger partial charge in [-0.1, -0.05) is 93.6 Å². The third kappa shape index (κ3) is 11.0. The van der Waals surface area contributed by atoms with Crippen molar-refractivity contribution in [2.24, 2.45) is 5.92 Å². The molecule has 6 rings (SSSR count). The maximum atomic E-state index is 14.2. The molecule has 0 aliphatic carbocycles. The Morgan fingerprint density at radius 2 is 1.32 bits per heavy atom. The Morgan fingerprint density at radius 1 is 0.719 bits per heavy atom. The predicted octanol–water partition coefficient (Wildman–Crippen LogP) is 12.2. The van der Waals surface area contributed by atoms with Gasteiger partial charge in [0.2, 0.25) is 5.91 Å². The average Bonchev–Trinajstić information content (AvgIpc) is 3.20. The molecular formula is C48H55F2NO5Si. The molecular weight excluding hydrogens is 737 g/mol. The molecule has 57 heavy (non-hydrogen) atoms. The lowest BCUT2D eigenvalue weighted by molar-refractivity contribution is -0.131. The number of β-lactam (4-membered cyclic amide) rings is 1. The van der Waals surface area contributed by atoms with Crippen LogP contribution in [0.3, 0.4) is 0 Å². The number of carbonyl (C=O) groups excluding carboxylic acids is 1. The second-order valence-electron chi connectivity index (χ2n) is 16.3. The maximum absolute atomic E-state index is 14.2. The quantitative estimate of drug-likeness (QED) is 0.0474. The fraction of sp³-hybridized carbons (Fsp3) is 0.354. The molecule has 3 atom stereocenters. The van der Waals surface area contributed by atoms with E-state index < -0.39 is 20.3 Å². The van der Waals surface area contributed by atoms with Crippen LogP contribution in [0.25, 0.3) is 0 Å². The number of nitrogens with zero attached hydrogens (tertiary/aromatic N) is 1. The Bertz CT molecular complexity index is 2020. The Hall–Kier alpha value is -4.83. The Balaban J connectivity index is 1.24. The summed E-state index contributed by atoms with van der Waals surface area (Å²) in [7, 11) is -2.26. The van der Waals surface area contributed by atoms with Gasteiger partial charge in [-0.25, -0.2) is 8.78 Å². The molecule has 0 saturated carbocycles. The molecule has 0 aromatic heterocycles. The van der Waals surface area contributed by atoms with Gasteiger partial charge < -0.3 is 23.5 Å². The van der Waals surface area contributed by atoms with Gasteiger partial charge in [-0.2, -0.15) is 0 Å². The molecule has 5 aromatic carbocycles. The summed E-state index contributed by atoms with van der Waals surface area (Å²) >= 11 is 0. The van der Waals surface area contributed by atoms with Gasteiger partial charge in [0.1, 0.15) is 29.7 Å². The van der Waals surface area contributed by atoms with Crippen LogP contribution in [0, 0.1) is 17.6 Å². The molecule has 5 aromatic rings. The van der Waals surface area contributed by atoms with E-state index in [9.17, 15) is 13.6 Å². The fourth-order valence-corrected chi connectivity index (χ4v) is 8.20. The van der Waals surface area contributed by atoms with E-state index in [1.54, 1.807) is 29.2 Å². The normalized spacial score (nSPS) is 16.3. The highest BCUT2D eigenvalue weighted by atomic mass is 28.4. The molecule has 1 heterocycles. The molecule has 1 fully saturated rings. The first kappa shape index (κ1) is 41.8. The van der Waals surface area contributed by atoms with Crippen LogP contribution in [0.15, 0.2) is 127 Å². The van der Waals surface area contributed by atoms with Crippen molar-refractivity contribution in [2.75, 3.05) is 18.1 Å². The molecule has 9 heteroatoms. The Kier molecular flexibility index (Phi) is 14.0. The van der Waals surface area contributed by atoms with Crippen molar-refractivity contribution >= 4 is 19.9 Å². The van der Waals surface area contributed by atoms with Crippen molar-refractivity contribution in [3.05, 3.63) is 161 Å². The number of benzene rings is 5. The lowest BCUT2D eigenvalue weighted by Gasteiger charge is -2.48.